The first-order valence-electron chi connectivity index (χ1n) is 6.81. The van der Waals surface area contributed by atoms with Crippen LogP contribution in [0.3, 0.4) is 0 Å². The molecule has 0 aliphatic carbocycles. The molecule has 0 fully saturated rings. The Kier molecular flexibility index (Phi) is 6.89. The van der Waals surface area contributed by atoms with Gasteiger partial charge in [-0.15, -0.1) is 0 Å². The molecule has 0 radical (unpaired) electrons. The molecule has 8 nitrogen and oxygen atoms in total. The van der Waals surface area contributed by atoms with Gasteiger partial charge in [-0.05, 0) is 24.6 Å². The standard InChI is InChI=1S/C15H16N4O4/c1-2-19(10-17)14(21)13(18-15(22)23-8-7-16)9-11-3-5-12(20)6-4-11/h3-6,13,20H,2,8-9H2,1H3,(H,18,22). The van der Waals surface area contributed by atoms with Crippen LogP contribution in [0.5, 0.6) is 5.75 Å². The summed E-state index contributed by atoms with van der Waals surface area (Å²) in [6.07, 6.45) is 0.934. The van der Waals surface area contributed by atoms with Gasteiger partial charge in [0.15, 0.2) is 12.8 Å². The average molecular weight is 316 g/mol. The Bertz CT molecular complexity index is 630. The lowest BCUT2D eigenvalue weighted by Crippen LogP contribution is -2.48. The summed E-state index contributed by atoms with van der Waals surface area (Å²) in [5.41, 5.74) is 0.677. The highest BCUT2D eigenvalue weighted by molar-refractivity contribution is 5.87. The predicted molar refractivity (Wildman–Crippen MR) is 78.7 cm³/mol. The number of nitrogens with one attached hydrogen (secondary N) is 1. The number of hydrogen-bond acceptors (Lipinski definition) is 6. The number of ether oxygens (including phenoxy) is 1. The molecule has 1 rings (SSSR count). The van der Waals surface area contributed by atoms with E-state index < -0.39 is 24.6 Å². The first-order valence-corrected chi connectivity index (χ1v) is 6.81. The van der Waals surface area contributed by atoms with E-state index in [-0.39, 0.29) is 18.7 Å². The van der Waals surface area contributed by atoms with Crippen molar-refractivity contribution < 1.29 is 19.4 Å². The number of nitrogens with zero attached hydrogens (tertiary/aromatic N) is 3. The molecule has 1 atom stereocenters. The molecule has 0 aromatic heterocycles. The number of rotatable bonds is 6. The molecule has 23 heavy (non-hydrogen) atoms. The van der Waals surface area contributed by atoms with E-state index in [0.29, 0.717) is 5.56 Å². The Hall–Kier alpha value is -3.26. The Balaban J connectivity index is 2.89. The minimum absolute atomic E-state index is 0.0743. The fraction of sp³-hybridized carbons (Fsp3) is 0.333. The van der Waals surface area contributed by atoms with Crippen LogP contribution in [0.1, 0.15) is 12.5 Å². The lowest BCUT2D eigenvalue weighted by atomic mass is 10.0. The summed E-state index contributed by atoms with van der Waals surface area (Å²) < 4.78 is 4.57. The van der Waals surface area contributed by atoms with E-state index >= 15 is 0 Å². The van der Waals surface area contributed by atoms with Crippen molar-refractivity contribution in [2.45, 2.75) is 19.4 Å². The largest absolute Gasteiger partial charge is 0.508 e. The molecule has 0 bridgehead atoms. The van der Waals surface area contributed by atoms with Gasteiger partial charge >= 0.3 is 6.09 Å². The zero-order valence-electron chi connectivity index (χ0n) is 12.5. The Morgan fingerprint density at radius 3 is 2.52 bits per heavy atom. The molecule has 8 heteroatoms. The molecular formula is C15H16N4O4. The number of hydrogen-bond donors (Lipinski definition) is 2. The van der Waals surface area contributed by atoms with Crippen LogP contribution in [0, 0.1) is 22.8 Å². The molecular weight excluding hydrogens is 300 g/mol. The third kappa shape index (κ3) is 5.56. The van der Waals surface area contributed by atoms with Crippen LogP contribution >= 0.6 is 0 Å². The first kappa shape index (κ1) is 17.8. The maximum atomic E-state index is 12.3. The second kappa shape index (κ2) is 8.90. The normalized spacial score (nSPS) is 10.7. The van der Waals surface area contributed by atoms with E-state index in [1.807, 2.05) is 0 Å². The van der Waals surface area contributed by atoms with Crippen molar-refractivity contribution in [3.05, 3.63) is 29.8 Å². The molecule has 0 spiro atoms. The van der Waals surface area contributed by atoms with Crippen molar-refractivity contribution in [2.75, 3.05) is 13.2 Å². The number of nitriles is 2. The van der Waals surface area contributed by atoms with Crippen molar-refractivity contribution in [3.63, 3.8) is 0 Å². The Morgan fingerprint density at radius 1 is 1.35 bits per heavy atom. The SMILES string of the molecule is CCN(C#N)C(=O)C(Cc1ccc(O)cc1)NC(=O)OCC#N. The molecule has 0 saturated heterocycles. The van der Waals surface area contributed by atoms with Gasteiger partial charge in [-0.1, -0.05) is 12.1 Å². The number of carbonyl (C=O) groups is 2. The molecule has 1 unspecified atom stereocenters. The highest BCUT2D eigenvalue weighted by atomic mass is 16.5. The number of alkyl carbamates (subject to hydrolysis) is 1. The number of carbonyl (C=O) groups excluding carboxylic acids is 2. The maximum absolute atomic E-state index is 12.3. The lowest BCUT2D eigenvalue weighted by molar-refractivity contribution is -0.130. The van der Waals surface area contributed by atoms with Gasteiger partial charge in [0.25, 0.3) is 5.91 Å². The van der Waals surface area contributed by atoms with Crippen molar-refractivity contribution in [3.8, 4) is 18.0 Å². The number of phenols is 1. The summed E-state index contributed by atoms with van der Waals surface area (Å²) in [7, 11) is 0. The van der Waals surface area contributed by atoms with Gasteiger partial charge < -0.3 is 15.2 Å². The van der Waals surface area contributed by atoms with Crippen LogP contribution in [0.2, 0.25) is 0 Å². The van der Waals surface area contributed by atoms with Crippen LogP contribution in [0.25, 0.3) is 0 Å². The molecule has 0 aliphatic rings. The summed E-state index contributed by atoms with van der Waals surface area (Å²) in [5.74, 6) is -0.512. The summed E-state index contributed by atoms with van der Waals surface area (Å²) >= 11 is 0. The first-order chi connectivity index (χ1) is 11.0. The summed E-state index contributed by atoms with van der Waals surface area (Å²) in [6.45, 7) is 1.35. The zero-order valence-corrected chi connectivity index (χ0v) is 12.5. The fourth-order valence-corrected chi connectivity index (χ4v) is 1.81. The third-order valence-electron chi connectivity index (χ3n) is 2.94. The van der Waals surface area contributed by atoms with Gasteiger partial charge in [0.1, 0.15) is 17.9 Å². The second-order valence-corrected chi connectivity index (χ2v) is 4.48. The van der Waals surface area contributed by atoms with Crippen LogP contribution in [-0.2, 0) is 16.0 Å². The lowest BCUT2D eigenvalue weighted by Gasteiger charge is -2.21. The Labute approximate surface area is 133 Å². The van der Waals surface area contributed by atoms with Crippen molar-refractivity contribution in [1.82, 2.24) is 10.2 Å². The fourth-order valence-electron chi connectivity index (χ4n) is 1.81. The van der Waals surface area contributed by atoms with Gasteiger partial charge in [-0.3, -0.25) is 4.79 Å². The molecule has 120 valence electrons. The zero-order chi connectivity index (χ0) is 17.2. The van der Waals surface area contributed by atoms with E-state index in [4.69, 9.17) is 10.5 Å². The average Bonchev–Trinajstić information content (AvgIpc) is 2.55. The van der Waals surface area contributed by atoms with Crippen molar-refractivity contribution in [2.24, 2.45) is 0 Å². The van der Waals surface area contributed by atoms with Crippen LogP contribution in [-0.4, -0.2) is 41.2 Å². The third-order valence-corrected chi connectivity index (χ3v) is 2.94. The topological polar surface area (TPSA) is 126 Å². The smallest absolute Gasteiger partial charge is 0.408 e. The van der Waals surface area contributed by atoms with Crippen molar-refractivity contribution in [1.29, 1.82) is 10.5 Å². The number of amides is 2. The van der Waals surface area contributed by atoms with E-state index in [0.717, 1.165) is 4.90 Å². The van der Waals surface area contributed by atoms with E-state index in [1.165, 1.54) is 12.1 Å². The van der Waals surface area contributed by atoms with Crippen molar-refractivity contribution >= 4 is 12.0 Å². The molecule has 2 N–H and O–H groups in total. The Morgan fingerprint density at radius 2 is 2.00 bits per heavy atom. The van der Waals surface area contributed by atoms with E-state index in [1.54, 1.807) is 31.3 Å². The van der Waals surface area contributed by atoms with Gasteiger partial charge in [0, 0.05) is 13.0 Å². The number of likely N-dealkylation sites (N-methyl/N-ethyl adjacent to an activating group) is 1. The highest BCUT2D eigenvalue weighted by Crippen LogP contribution is 2.12. The highest BCUT2D eigenvalue weighted by Gasteiger charge is 2.26. The van der Waals surface area contributed by atoms with Crippen LogP contribution in [0.4, 0.5) is 4.79 Å². The second-order valence-electron chi connectivity index (χ2n) is 4.48. The molecule has 2 amide bonds. The molecule has 1 aromatic rings. The summed E-state index contributed by atoms with van der Waals surface area (Å²) in [6, 6.07) is 6.72. The quantitative estimate of drug-likeness (QED) is 0.592. The summed E-state index contributed by atoms with van der Waals surface area (Å²) in [4.78, 5) is 24.8. The predicted octanol–water partition coefficient (Wildman–Crippen LogP) is 0.883. The molecule has 1 aromatic carbocycles. The molecule has 0 saturated carbocycles. The number of benzene rings is 1. The van der Waals surface area contributed by atoms with Gasteiger partial charge in [-0.2, -0.15) is 10.5 Å². The van der Waals surface area contributed by atoms with Gasteiger partial charge in [0.2, 0.25) is 0 Å². The van der Waals surface area contributed by atoms with E-state index in [9.17, 15) is 14.7 Å². The minimum Gasteiger partial charge on any atom is -0.508 e. The maximum Gasteiger partial charge on any atom is 0.408 e. The summed E-state index contributed by atoms with van der Waals surface area (Å²) in [5, 5.41) is 29.0. The number of phenolic OH excluding ortho intramolecular Hbond substituents is 1. The van der Waals surface area contributed by atoms with Crippen LogP contribution < -0.4 is 5.32 Å². The van der Waals surface area contributed by atoms with Gasteiger partial charge in [-0.25, -0.2) is 9.69 Å². The van der Waals surface area contributed by atoms with E-state index in [2.05, 4.69) is 10.1 Å². The molecule has 0 aliphatic heterocycles. The van der Waals surface area contributed by atoms with Crippen LogP contribution in [0.15, 0.2) is 24.3 Å². The minimum atomic E-state index is -1.02. The number of aromatic hydroxyl groups is 1. The molecule has 0 heterocycles. The monoisotopic (exact) mass is 316 g/mol. The van der Waals surface area contributed by atoms with Gasteiger partial charge in [0.05, 0.1) is 0 Å².